The highest BCUT2D eigenvalue weighted by Gasteiger charge is 2.38. The largest absolute Gasteiger partial charge is 0.307 e. The highest BCUT2D eigenvalue weighted by atomic mass is 35.5. The summed E-state index contributed by atoms with van der Waals surface area (Å²) in [6, 6.07) is 3.15. The van der Waals surface area contributed by atoms with E-state index in [0.717, 1.165) is 17.0 Å². The quantitative estimate of drug-likeness (QED) is 0.799. The van der Waals surface area contributed by atoms with Crippen molar-refractivity contribution in [2.24, 2.45) is 0 Å². The molecule has 0 bridgehead atoms. The first-order valence-electron chi connectivity index (χ1n) is 7.92. The Labute approximate surface area is 130 Å². The van der Waals surface area contributed by atoms with Gasteiger partial charge in [0.05, 0.1) is 11.9 Å². The fourth-order valence-electron chi connectivity index (χ4n) is 4.12. The van der Waals surface area contributed by atoms with Crippen LogP contribution in [0, 0.1) is 6.92 Å². The first-order chi connectivity index (χ1) is 10.3. The number of hydrogen-bond donors (Lipinski definition) is 0. The van der Waals surface area contributed by atoms with Crippen molar-refractivity contribution >= 4 is 22.8 Å². The molecule has 2 aromatic rings. The topological polar surface area (TPSA) is 34.0 Å². The first-order valence-corrected chi connectivity index (χ1v) is 8.45. The Kier molecular flexibility index (Phi) is 3.38. The van der Waals surface area contributed by atoms with E-state index in [2.05, 4.69) is 21.4 Å². The Morgan fingerprint density at radius 2 is 2.14 bits per heavy atom. The predicted octanol–water partition coefficient (Wildman–Crippen LogP) is 3.28. The molecule has 5 heteroatoms. The molecule has 2 fully saturated rings. The van der Waals surface area contributed by atoms with E-state index in [1.165, 1.54) is 44.3 Å². The molecule has 2 atom stereocenters. The van der Waals surface area contributed by atoms with Gasteiger partial charge in [0.1, 0.15) is 11.3 Å². The normalized spacial score (nSPS) is 26.4. The molecule has 0 N–H and O–H groups in total. The predicted molar refractivity (Wildman–Crippen MR) is 84.7 cm³/mol. The van der Waals surface area contributed by atoms with E-state index in [1.54, 1.807) is 0 Å². The van der Waals surface area contributed by atoms with Gasteiger partial charge in [0.2, 0.25) is 0 Å². The molecule has 0 spiro atoms. The molecule has 2 aliphatic rings. The number of aryl methyl sites for hydroxylation is 1. The van der Waals surface area contributed by atoms with Gasteiger partial charge >= 0.3 is 0 Å². The zero-order valence-electron chi connectivity index (χ0n) is 12.4. The van der Waals surface area contributed by atoms with Crippen LogP contribution in [-0.4, -0.2) is 38.6 Å². The van der Waals surface area contributed by atoms with Gasteiger partial charge in [-0.05, 0) is 44.4 Å². The highest BCUT2D eigenvalue weighted by Crippen LogP contribution is 2.37. The zero-order chi connectivity index (χ0) is 14.4. The number of rotatable bonds is 2. The summed E-state index contributed by atoms with van der Waals surface area (Å²) in [5.74, 6) is 1.44. The minimum atomic E-state index is 0.457. The van der Waals surface area contributed by atoms with Gasteiger partial charge < -0.3 is 4.57 Å². The van der Waals surface area contributed by atoms with Crippen LogP contribution in [0.4, 0.5) is 0 Å². The molecule has 4 heterocycles. The number of halogens is 1. The van der Waals surface area contributed by atoms with Crippen LogP contribution in [0.1, 0.15) is 43.1 Å². The van der Waals surface area contributed by atoms with Gasteiger partial charge in [-0.3, -0.25) is 4.90 Å². The van der Waals surface area contributed by atoms with Crippen molar-refractivity contribution in [1.29, 1.82) is 0 Å². The average Bonchev–Trinajstić information content (AvgIpc) is 3.08. The van der Waals surface area contributed by atoms with E-state index < -0.39 is 0 Å². The van der Waals surface area contributed by atoms with Crippen LogP contribution in [0.15, 0.2) is 12.3 Å². The zero-order valence-corrected chi connectivity index (χ0v) is 13.2. The Balaban J connectivity index is 1.84. The molecule has 0 amide bonds. The Hall–Kier alpha value is -1.13. The fraction of sp³-hybridized carbons (Fsp3) is 0.625. The molecule has 2 aliphatic heterocycles. The standard InChI is InChI=1S/C16H21ClN4/c1-11-5-7-18-16-15(11)19-14(10-17)21(16)13-6-9-20-8-3-2-4-12(13)20/h5,7,12-13H,2-4,6,8-10H2,1H3. The lowest BCUT2D eigenvalue weighted by molar-refractivity contribution is 0.173. The second kappa shape index (κ2) is 5.25. The summed E-state index contributed by atoms with van der Waals surface area (Å²) in [7, 11) is 0. The van der Waals surface area contributed by atoms with Crippen LogP contribution in [-0.2, 0) is 5.88 Å². The van der Waals surface area contributed by atoms with Gasteiger partial charge in [-0.1, -0.05) is 6.42 Å². The number of pyridine rings is 1. The summed E-state index contributed by atoms with van der Waals surface area (Å²) >= 11 is 6.18. The van der Waals surface area contributed by atoms with E-state index >= 15 is 0 Å². The van der Waals surface area contributed by atoms with Crippen LogP contribution in [0.2, 0.25) is 0 Å². The lowest BCUT2D eigenvalue weighted by Gasteiger charge is -2.33. The molecule has 0 saturated carbocycles. The van der Waals surface area contributed by atoms with E-state index in [9.17, 15) is 0 Å². The summed E-state index contributed by atoms with van der Waals surface area (Å²) in [6.07, 6.45) is 7.05. The van der Waals surface area contributed by atoms with Gasteiger partial charge in [-0.15, -0.1) is 11.6 Å². The molecular formula is C16H21ClN4. The van der Waals surface area contributed by atoms with Crippen LogP contribution in [0.25, 0.3) is 11.2 Å². The molecule has 0 aliphatic carbocycles. The van der Waals surface area contributed by atoms with Crippen LogP contribution in [0.5, 0.6) is 0 Å². The molecular weight excluding hydrogens is 284 g/mol. The molecule has 4 rings (SSSR count). The molecule has 0 aromatic carbocycles. The van der Waals surface area contributed by atoms with Gasteiger partial charge in [0, 0.05) is 18.8 Å². The summed E-state index contributed by atoms with van der Waals surface area (Å²) in [6.45, 7) is 4.54. The van der Waals surface area contributed by atoms with Crippen molar-refractivity contribution in [3.63, 3.8) is 0 Å². The highest BCUT2D eigenvalue weighted by molar-refractivity contribution is 6.16. The maximum absolute atomic E-state index is 6.18. The monoisotopic (exact) mass is 304 g/mol. The number of nitrogens with zero attached hydrogens (tertiary/aromatic N) is 4. The van der Waals surface area contributed by atoms with E-state index in [1.807, 2.05) is 12.3 Å². The van der Waals surface area contributed by atoms with Crippen molar-refractivity contribution in [2.45, 2.75) is 50.6 Å². The number of piperidine rings is 1. The lowest BCUT2D eigenvalue weighted by atomic mass is 9.99. The smallest absolute Gasteiger partial charge is 0.160 e. The van der Waals surface area contributed by atoms with Gasteiger partial charge in [-0.25, -0.2) is 9.97 Å². The molecule has 2 saturated heterocycles. The van der Waals surface area contributed by atoms with E-state index in [-0.39, 0.29) is 0 Å². The van der Waals surface area contributed by atoms with Crippen molar-refractivity contribution in [2.75, 3.05) is 13.1 Å². The minimum absolute atomic E-state index is 0.457. The lowest BCUT2D eigenvalue weighted by Crippen LogP contribution is -2.38. The molecule has 2 unspecified atom stereocenters. The van der Waals surface area contributed by atoms with Gasteiger partial charge in [-0.2, -0.15) is 0 Å². The third kappa shape index (κ3) is 2.08. The van der Waals surface area contributed by atoms with E-state index in [4.69, 9.17) is 16.6 Å². The van der Waals surface area contributed by atoms with Crippen LogP contribution in [0.3, 0.4) is 0 Å². The Morgan fingerprint density at radius 1 is 1.24 bits per heavy atom. The number of aromatic nitrogens is 3. The van der Waals surface area contributed by atoms with Gasteiger partial charge in [0.15, 0.2) is 5.65 Å². The maximum Gasteiger partial charge on any atom is 0.160 e. The average molecular weight is 305 g/mol. The second-order valence-electron chi connectivity index (χ2n) is 6.29. The summed E-state index contributed by atoms with van der Waals surface area (Å²) < 4.78 is 2.34. The molecule has 0 radical (unpaired) electrons. The minimum Gasteiger partial charge on any atom is -0.307 e. The number of hydrogen-bond acceptors (Lipinski definition) is 3. The number of imidazole rings is 1. The van der Waals surface area contributed by atoms with Crippen LogP contribution < -0.4 is 0 Å². The molecule has 112 valence electrons. The van der Waals surface area contributed by atoms with Crippen molar-refractivity contribution in [1.82, 2.24) is 19.4 Å². The third-order valence-electron chi connectivity index (χ3n) is 5.13. The fourth-order valence-corrected chi connectivity index (χ4v) is 4.31. The molecule has 4 nitrogen and oxygen atoms in total. The Bertz CT molecular complexity index is 666. The summed E-state index contributed by atoms with van der Waals surface area (Å²) in [4.78, 5) is 12.0. The van der Waals surface area contributed by atoms with Crippen LogP contribution >= 0.6 is 11.6 Å². The summed E-state index contributed by atoms with van der Waals surface area (Å²) in [5, 5.41) is 0. The van der Waals surface area contributed by atoms with Crippen molar-refractivity contribution in [3.05, 3.63) is 23.7 Å². The van der Waals surface area contributed by atoms with Crippen molar-refractivity contribution in [3.8, 4) is 0 Å². The van der Waals surface area contributed by atoms with E-state index in [0.29, 0.717) is 18.0 Å². The number of alkyl halides is 1. The SMILES string of the molecule is Cc1ccnc2c1nc(CCl)n2C1CCN2CCCCC12. The maximum atomic E-state index is 6.18. The molecule has 21 heavy (non-hydrogen) atoms. The second-order valence-corrected chi connectivity index (χ2v) is 6.55. The Morgan fingerprint density at radius 3 is 3.00 bits per heavy atom. The first kappa shape index (κ1) is 13.5. The van der Waals surface area contributed by atoms with Gasteiger partial charge in [0.25, 0.3) is 0 Å². The number of fused-ring (bicyclic) bond motifs is 2. The van der Waals surface area contributed by atoms with Crippen molar-refractivity contribution < 1.29 is 0 Å². The third-order valence-corrected chi connectivity index (χ3v) is 5.36. The summed E-state index contributed by atoms with van der Waals surface area (Å²) in [5.41, 5.74) is 3.22. The molecule has 2 aromatic heterocycles.